The maximum atomic E-state index is 7.12. The molecule has 0 heterocycles. The van der Waals surface area contributed by atoms with Gasteiger partial charge in [0.1, 0.15) is 11.5 Å². The van der Waals surface area contributed by atoms with Gasteiger partial charge < -0.3 is 14.0 Å². The molecule has 2 aromatic carbocycles. The molecule has 3 nitrogen and oxygen atoms in total. The van der Waals surface area contributed by atoms with E-state index in [0.29, 0.717) is 0 Å². The van der Waals surface area contributed by atoms with E-state index in [4.69, 9.17) is 14.0 Å². The first-order valence-corrected chi connectivity index (χ1v) is 18.8. The van der Waals surface area contributed by atoms with Gasteiger partial charge in [-0.25, -0.2) is 0 Å². The average Bonchev–Trinajstić information content (AvgIpc) is 2.82. The van der Waals surface area contributed by atoms with Crippen LogP contribution in [0.15, 0.2) is 36.4 Å². The normalized spacial score (nSPS) is 14.2. The summed E-state index contributed by atoms with van der Waals surface area (Å²) >= 11 is 0. The SMILES string of the molecule is COB(Oc1c(C(C)(C)CC(C)(C)C)cccc1C(C)(C)CC(C)(C)C)Oc1c(C(C)(C)CC(C)(C)C)cccc1C(C)(C)CC(C)(C)C. The lowest BCUT2D eigenvalue weighted by molar-refractivity contribution is 0.225. The van der Waals surface area contributed by atoms with E-state index in [1.54, 1.807) is 7.11 Å². The Kier molecular flexibility index (Phi) is 12.9. The van der Waals surface area contributed by atoms with Crippen molar-refractivity contribution in [2.24, 2.45) is 21.7 Å². The highest BCUT2D eigenvalue weighted by Crippen LogP contribution is 2.49. The third-order valence-electron chi connectivity index (χ3n) is 9.46. The molecule has 278 valence electrons. The number of hydrogen-bond donors (Lipinski definition) is 0. The molecule has 2 aromatic rings. The summed E-state index contributed by atoms with van der Waals surface area (Å²) in [5.74, 6) is 1.78. The molecule has 0 unspecified atom stereocenters. The smallest absolute Gasteiger partial charge is 0.500 e. The van der Waals surface area contributed by atoms with Crippen LogP contribution in [0.5, 0.6) is 11.5 Å². The van der Waals surface area contributed by atoms with Gasteiger partial charge in [0, 0.05) is 7.11 Å². The molecule has 0 spiro atoms. The van der Waals surface area contributed by atoms with Crippen molar-refractivity contribution in [2.75, 3.05) is 7.11 Å². The summed E-state index contributed by atoms with van der Waals surface area (Å²) in [5, 5.41) is 0. The lowest BCUT2D eigenvalue weighted by atomic mass is 9.68. The van der Waals surface area contributed by atoms with E-state index in [0.717, 1.165) is 37.2 Å². The van der Waals surface area contributed by atoms with Crippen molar-refractivity contribution in [1.29, 1.82) is 0 Å². The van der Waals surface area contributed by atoms with Crippen LogP contribution in [0.1, 0.15) is 186 Å². The predicted octanol–water partition coefficient (Wildman–Crippen LogP) is 13.6. The third-order valence-corrected chi connectivity index (χ3v) is 9.46. The highest BCUT2D eigenvalue weighted by Gasteiger charge is 2.41. The van der Waals surface area contributed by atoms with Crippen molar-refractivity contribution in [2.45, 2.75) is 186 Å². The van der Waals surface area contributed by atoms with E-state index in [1.807, 2.05) is 0 Å². The molecule has 0 aliphatic carbocycles. The fourth-order valence-corrected chi connectivity index (χ4v) is 9.46. The maximum absolute atomic E-state index is 7.12. The van der Waals surface area contributed by atoms with E-state index in [-0.39, 0.29) is 43.3 Å². The summed E-state index contributed by atoms with van der Waals surface area (Å²) in [6.45, 7) is 46.6. The first-order chi connectivity index (χ1) is 21.7. The summed E-state index contributed by atoms with van der Waals surface area (Å²) in [6.07, 6.45) is 4.03. The topological polar surface area (TPSA) is 27.7 Å². The Morgan fingerprint density at radius 1 is 0.388 bits per heavy atom. The largest absolute Gasteiger partial charge is 0.787 e. The van der Waals surface area contributed by atoms with E-state index >= 15 is 0 Å². The van der Waals surface area contributed by atoms with Gasteiger partial charge in [-0.05, 0) is 91.3 Å². The zero-order chi connectivity index (χ0) is 38.2. The second kappa shape index (κ2) is 14.6. The van der Waals surface area contributed by atoms with Crippen LogP contribution in [0.2, 0.25) is 0 Å². The minimum Gasteiger partial charge on any atom is -0.500 e. The average molecular weight is 677 g/mol. The number of para-hydroxylation sites is 2. The van der Waals surface area contributed by atoms with Crippen LogP contribution < -0.4 is 9.31 Å². The van der Waals surface area contributed by atoms with Gasteiger partial charge >= 0.3 is 7.32 Å². The van der Waals surface area contributed by atoms with Crippen LogP contribution in [0.25, 0.3) is 0 Å². The van der Waals surface area contributed by atoms with Gasteiger partial charge in [0.05, 0.1) is 0 Å². The Balaban J connectivity index is 2.90. The molecule has 0 saturated carbocycles. The van der Waals surface area contributed by atoms with Crippen molar-refractivity contribution >= 4 is 7.32 Å². The highest BCUT2D eigenvalue weighted by molar-refractivity contribution is 6.38. The third kappa shape index (κ3) is 12.7. The zero-order valence-electron chi connectivity index (χ0n) is 36.1. The molecule has 0 aliphatic rings. The summed E-state index contributed by atoms with van der Waals surface area (Å²) in [4.78, 5) is 0. The Hall–Kier alpha value is -1.94. The predicted molar refractivity (Wildman–Crippen MR) is 215 cm³/mol. The van der Waals surface area contributed by atoms with Crippen molar-refractivity contribution in [3.8, 4) is 11.5 Å². The maximum Gasteiger partial charge on any atom is 0.787 e. The first-order valence-electron chi connectivity index (χ1n) is 18.8. The lowest BCUT2D eigenvalue weighted by Gasteiger charge is -2.39. The number of hydrogen-bond acceptors (Lipinski definition) is 3. The molecule has 49 heavy (non-hydrogen) atoms. The van der Waals surface area contributed by atoms with Crippen LogP contribution in [0.3, 0.4) is 0 Å². The van der Waals surface area contributed by atoms with Gasteiger partial charge in [-0.15, -0.1) is 0 Å². The standard InChI is InChI=1S/C45H77BO3/c1-38(2,3)28-42(13,14)32-24-22-25-33(43(15,16)29-39(4,5)6)36(32)48-46(47-21)49-37-34(44(17,18)30-40(7,8)9)26-23-27-35(37)45(19,20)31-41(10,11)12/h22-27H,28-31H2,1-21H3. The molecule has 0 aliphatic heterocycles. The van der Waals surface area contributed by atoms with Crippen molar-refractivity contribution in [1.82, 2.24) is 0 Å². The Morgan fingerprint density at radius 2 is 0.592 bits per heavy atom. The van der Waals surface area contributed by atoms with E-state index in [9.17, 15) is 0 Å². The van der Waals surface area contributed by atoms with Gasteiger partial charge in [-0.3, -0.25) is 0 Å². The monoisotopic (exact) mass is 677 g/mol. The van der Waals surface area contributed by atoms with Crippen molar-refractivity contribution in [3.63, 3.8) is 0 Å². The van der Waals surface area contributed by atoms with Crippen LogP contribution in [-0.4, -0.2) is 14.4 Å². The lowest BCUT2D eigenvalue weighted by Crippen LogP contribution is -2.38. The van der Waals surface area contributed by atoms with Gasteiger partial charge in [0.2, 0.25) is 0 Å². The molecule has 0 saturated heterocycles. The molecule has 4 heteroatoms. The summed E-state index contributed by atoms with van der Waals surface area (Å²) in [5.41, 5.74) is 4.75. The second-order valence-corrected chi connectivity index (χ2v) is 22.6. The van der Waals surface area contributed by atoms with Crippen LogP contribution in [0.4, 0.5) is 0 Å². The Bertz CT molecular complexity index is 1190. The molecule has 2 rings (SSSR count). The van der Waals surface area contributed by atoms with Gasteiger partial charge in [0.15, 0.2) is 0 Å². The minimum absolute atomic E-state index is 0.139. The van der Waals surface area contributed by atoms with Crippen LogP contribution in [-0.2, 0) is 26.3 Å². The summed E-state index contributed by atoms with van der Waals surface area (Å²) in [7, 11) is 0.766. The minimum atomic E-state index is -0.938. The summed E-state index contributed by atoms with van der Waals surface area (Å²) < 4.78 is 20.4. The Morgan fingerprint density at radius 3 is 0.755 bits per heavy atom. The molecule has 0 atom stereocenters. The van der Waals surface area contributed by atoms with Crippen molar-refractivity contribution < 1.29 is 14.0 Å². The molecule has 0 N–H and O–H groups in total. The van der Waals surface area contributed by atoms with Crippen LogP contribution in [0, 0.1) is 21.7 Å². The molecule has 0 fully saturated rings. The molecular formula is C45H77BO3. The summed E-state index contributed by atoms with van der Waals surface area (Å²) in [6, 6.07) is 13.4. The van der Waals surface area contributed by atoms with Crippen molar-refractivity contribution in [3.05, 3.63) is 58.7 Å². The fourth-order valence-electron chi connectivity index (χ4n) is 9.46. The molecule has 0 bridgehead atoms. The van der Waals surface area contributed by atoms with E-state index in [2.05, 4.69) is 175 Å². The number of benzene rings is 2. The van der Waals surface area contributed by atoms with E-state index in [1.165, 1.54) is 22.3 Å². The Labute approximate surface area is 305 Å². The zero-order valence-corrected chi connectivity index (χ0v) is 36.1. The van der Waals surface area contributed by atoms with Crippen LogP contribution >= 0.6 is 0 Å². The van der Waals surface area contributed by atoms with Gasteiger partial charge in [-0.1, -0.05) is 175 Å². The molecule has 0 radical (unpaired) electrons. The number of rotatable bonds is 13. The van der Waals surface area contributed by atoms with E-state index < -0.39 is 7.32 Å². The fraction of sp³-hybridized carbons (Fsp3) is 0.733. The van der Waals surface area contributed by atoms with Gasteiger partial charge in [0.25, 0.3) is 0 Å². The second-order valence-electron chi connectivity index (χ2n) is 22.6. The molecular weight excluding hydrogens is 599 g/mol. The molecule has 0 aromatic heterocycles. The first kappa shape index (κ1) is 43.2. The van der Waals surface area contributed by atoms with Gasteiger partial charge in [-0.2, -0.15) is 0 Å². The quantitative estimate of drug-likeness (QED) is 0.198. The molecule has 0 amide bonds. The highest BCUT2D eigenvalue weighted by atomic mass is 16.7.